The summed E-state index contributed by atoms with van der Waals surface area (Å²) in [5.41, 5.74) is 3.84. The molecule has 136 valence electrons. The van der Waals surface area contributed by atoms with Gasteiger partial charge in [-0.1, -0.05) is 75.2 Å². The average molecular weight is 348 g/mol. The zero-order chi connectivity index (χ0) is 18.4. The molecule has 0 aliphatic rings. The van der Waals surface area contributed by atoms with E-state index in [1.165, 1.54) is 22.0 Å². The van der Waals surface area contributed by atoms with Crippen molar-refractivity contribution in [2.45, 2.75) is 57.9 Å². The highest BCUT2D eigenvalue weighted by Crippen LogP contribution is 2.41. The van der Waals surface area contributed by atoms with Gasteiger partial charge in [0.25, 0.3) is 0 Å². The highest BCUT2D eigenvalue weighted by molar-refractivity contribution is 5.85. The number of carbonyl (C=O) groups is 1. The van der Waals surface area contributed by atoms with Crippen molar-refractivity contribution in [1.29, 1.82) is 0 Å². The highest BCUT2D eigenvalue weighted by Gasteiger charge is 2.32. The number of aldehydes is 1. The molecule has 0 bridgehead atoms. The third-order valence-electron chi connectivity index (χ3n) is 5.72. The molecule has 0 spiro atoms. The van der Waals surface area contributed by atoms with E-state index in [9.17, 15) is 4.79 Å². The molecule has 2 heteroatoms. The van der Waals surface area contributed by atoms with Crippen LogP contribution < -0.4 is 0 Å². The lowest BCUT2D eigenvalue weighted by Crippen LogP contribution is -2.26. The second kappa shape index (κ2) is 8.35. The fourth-order valence-corrected chi connectivity index (χ4v) is 4.11. The van der Waals surface area contributed by atoms with Gasteiger partial charge in [-0.15, -0.1) is 0 Å². The fraction of sp³-hybridized carbons (Fsp3) is 0.375. The number of aromatic nitrogens is 1. The molecule has 3 aromatic rings. The number of hydrogen-bond acceptors (Lipinski definition) is 1. The predicted molar refractivity (Wildman–Crippen MR) is 110 cm³/mol. The number of fused-ring (bicyclic) bond motifs is 1. The fourth-order valence-electron chi connectivity index (χ4n) is 4.11. The summed E-state index contributed by atoms with van der Waals surface area (Å²) in [4.78, 5) is 11.5. The second-order valence-corrected chi connectivity index (χ2v) is 7.28. The minimum absolute atomic E-state index is 0.0562. The monoisotopic (exact) mass is 347 g/mol. The first-order valence-electron chi connectivity index (χ1n) is 9.80. The molecular formula is C24H29NO. The van der Waals surface area contributed by atoms with Gasteiger partial charge in [-0.05, 0) is 30.0 Å². The van der Waals surface area contributed by atoms with Gasteiger partial charge >= 0.3 is 0 Å². The van der Waals surface area contributed by atoms with E-state index in [2.05, 4.69) is 79.2 Å². The van der Waals surface area contributed by atoms with Gasteiger partial charge in [0.1, 0.15) is 6.29 Å². The van der Waals surface area contributed by atoms with E-state index in [1.54, 1.807) is 0 Å². The lowest BCUT2D eigenvalue weighted by Gasteiger charge is -2.31. The van der Waals surface area contributed by atoms with E-state index < -0.39 is 0 Å². The molecule has 0 saturated heterocycles. The molecule has 2 aromatic carbocycles. The molecule has 3 rings (SSSR count). The van der Waals surface area contributed by atoms with Crippen LogP contribution in [0.3, 0.4) is 0 Å². The molecule has 0 fully saturated rings. The maximum atomic E-state index is 11.5. The first-order valence-corrected chi connectivity index (χ1v) is 9.80. The van der Waals surface area contributed by atoms with Crippen LogP contribution in [-0.2, 0) is 16.8 Å². The summed E-state index contributed by atoms with van der Waals surface area (Å²) in [5.74, 6) is 0. The van der Waals surface area contributed by atoms with Gasteiger partial charge in [0.2, 0.25) is 0 Å². The first kappa shape index (κ1) is 18.4. The Hall–Kier alpha value is -2.35. The van der Waals surface area contributed by atoms with Gasteiger partial charge in [-0.2, -0.15) is 0 Å². The van der Waals surface area contributed by atoms with Gasteiger partial charge in [-0.3, -0.25) is 0 Å². The number of para-hydroxylation sites is 1. The minimum Gasteiger partial charge on any atom is -0.343 e. The number of hydrogen-bond donors (Lipinski definition) is 0. The Morgan fingerprint density at radius 1 is 1.00 bits per heavy atom. The van der Waals surface area contributed by atoms with E-state index in [4.69, 9.17) is 0 Å². The van der Waals surface area contributed by atoms with Gasteiger partial charge < -0.3 is 9.36 Å². The van der Waals surface area contributed by atoms with Crippen LogP contribution in [0, 0.1) is 0 Å². The minimum atomic E-state index is -0.0562. The van der Waals surface area contributed by atoms with Crippen molar-refractivity contribution in [2.24, 2.45) is 0 Å². The highest BCUT2D eigenvalue weighted by atomic mass is 16.1. The molecule has 1 heterocycles. The Kier molecular flexibility index (Phi) is 5.92. The van der Waals surface area contributed by atoms with Crippen molar-refractivity contribution in [3.63, 3.8) is 0 Å². The topological polar surface area (TPSA) is 22.0 Å². The van der Waals surface area contributed by atoms with Crippen molar-refractivity contribution >= 4 is 17.2 Å². The van der Waals surface area contributed by atoms with Crippen molar-refractivity contribution < 1.29 is 4.79 Å². The second-order valence-electron chi connectivity index (χ2n) is 7.28. The van der Waals surface area contributed by atoms with Crippen molar-refractivity contribution in [2.75, 3.05) is 0 Å². The van der Waals surface area contributed by atoms with Gasteiger partial charge in [0.05, 0.1) is 0 Å². The molecule has 0 aliphatic heterocycles. The summed E-state index contributed by atoms with van der Waals surface area (Å²) in [6, 6.07) is 19.2. The van der Waals surface area contributed by atoms with E-state index in [0.29, 0.717) is 6.42 Å². The van der Waals surface area contributed by atoms with Crippen molar-refractivity contribution in [1.82, 2.24) is 4.57 Å². The lowest BCUT2D eigenvalue weighted by atomic mass is 9.72. The quantitative estimate of drug-likeness (QED) is 0.428. The molecule has 0 radical (unpaired) electrons. The molecule has 0 aliphatic carbocycles. The van der Waals surface area contributed by atoms with Crippen LogP contribution >= 0.6 is 0 Å². The largest absolute Gasteiger partial charge is 0.343 e. The Morgan fingerprint density at radius 2 is 1.73 bits per heavy atom. The summed E-state index contributed by atoms with van der Waals surface area (Å²) in [7, 11) is 0. The Balaban J connectivity index is 2.11. The number of rotatable bonds is 9. The van der Waals surface area contributed by atoms with E-state index in [1.807, 2.05) is 0 Å². The predicted octanol–water partition coefficient (Wildman–Crippen LogP) is 6.12. The standard InChI is InChI=1S/C24H29NO/c1-3-5-15-24(4-2,16-17-26)22-19-25(18-20-11-7-6-8-12-20)23-14-10-9-13-21(22)23/h6-14,17,19H,3-5,15-16,18H2,1-2H3/t24-/m0/s1. The third-order valence-corrected chi connectivity index (χ3v) is 5.72. The van der Waals surface area contributed by atoms with E-state index in [-0.39, 0.29) is 5.41 Å². The van der Waals surface area contributed by atoms with Crippen LogP contribution in [0.4, 0.5) is 0 Å². The van der Waals surface area contributed by atoms with Crippen molar-refractivity contribution in [3.8, 4) is 0 Å². The Bertz CT molecular complexity index is 849. The lowest BCUT2D eigenvalue weighted by molar-refractivity contribution is -0.109. The number of benzene rings is 2. The SMILES string of the molecule is CCCC[C@@](CC)(CC=O)c1cn(Cc2ccccc2)c2ccccc12. The zero-order valence-corrected chi connectivity index (χ0v) is 15.9. The molecule has 1 atom stereocenters. The molecule has 0 N–H and O–H groups in total. The number of unbranched alkanes of at least 4 members (excludes halogenated alkanes) is 1. The molecule has 0 saturated carbocycles. The Morgan fingerprint density at radius 3 is 2.42 bits per heavy atom. The zero-order valence-electron chi connectivity index (χ0n) is 15.9. The summed E-state index contributed by atoms with van der Waals surface area (Å²) in [6.45, 7) is 5.30. The summed E-state index contributed by atoms with van der Waals surface area (Å²) >= 11 is 0. The van der Waals surface area contributed by atoms with Crippen LogP contribution in [0.25, 0.3) is 10.9 Å². The molecular weight excluding hydrogens is 318 g/mol. The van der Waals surface area contributed by atoms with E-state index >= 15 is 0 Å². The number of nitrogens with zero attached hydrogens (tertiary/aromatic N) is 1. The van der Waals surface area contributed by atoms with Gasteiger partial charge in [0.15, 0.2) is 0 Å². The molecule has 0 unspecified atom stereocenters. The maximum absolute atomic E-state index is 11.5. The van der Waals surface area contributed by atoms with Crippen LogP contribution in [0.15, 0.2) is 60.8 Å². The van der Waals surface area contributed by atoms with E-state index in [0.717, 1.165) is 38.5 Å². The molecule has 2 nitrogen and oxygen atoms in total. The Labute approximate surface area is 156 Å². The normalized spacial score (nSPS) is 13.6. The average Bonchev–Trinajstić information content (AvgIpc) is 3.05. The van der Waals surface area contributed by atoms with Crippen LogP contribution in [-0.4, -0.2) is 10.9 Å². The smallest absolute Gasteiger partial charge is 0.120 e. The molecule has 0 amide bonds. The van der Waals surface area contributed by atoms with Gasteiger partial charge in [0, 0.05) is 35.5 Å². The summed E-state index contributed by atoms with van der Waals surface area (Å²) in [6.07, 6.45) is 8.39. The summed E-state index contributed by atoms with van der Waals surface area (Å²) < 4.78 is 2.35. The maximum Gasteiger partial charge on any atom is 0.120 e. The van der Waals surface area contributed by atoms with Crippen LogP contribution in [0.2, 0.25) is 0 Å². The first-order chi connectivity index (χ1) is 12.7. The van der Waals surface area contributed by atoms with Crippen LogP contribution in [0.1, 0.15) is 57.1 Å². The third kappa shape index (κ3) is 3.60. The van der Waals surface area contributed by atoms with Crippen LogP contribution in [0.5, 0.6) is 0 Å². The van der Waals surface area contributed by atoms with Crippen molar-refractivity contribution in [3.05, 3.63) is 71.9 Å². The molecule has 1 aromatic heterocycles. The summed E-state index contributed by atoms with van der Waals surface area (Å²) in [5, 5.41) is 1.29. The number of carbonyl (C=O) groups excluding carboxylic acids is 1. The molecule has 26 heavy (non-hydrogen) atoms. The van der Waals surface area contributed by atoms with Gasteiger partial charge in [-0.25, -0.2) is 0 Å².